The highest BCUT2D eigenvalue weighted by Crippen LogP contribution is 2.34. The van der Waals surface area contributed by atoms with Crippen molar-refractivity contribution in [2.24, 2.45) is 0 Å². The maximum absolute atomic E-state index is 11.7. The monoisotopic (exact) mass is 330 g/mol. The Bertz CT molecular complexity index is 499. The number of hydrogen-bond donors (Lipinski definition) is 1. The Balaban J connectivity index is 2.14. The van der Waals surface area contributed by atoms with Gasteiger partial charge in [-0.3, -0.25) is 5.32 Å². The molecule has 1 aromatic heterocycles. The predicted octanol–water partition coefficient (Wildman–Crippen LogP) is 2.96. The van der Waals surface area contributed by atoms with Crippen molar-refractivity contribution >= 4 is 27.8 Å². The van der Waals surface area contributed by atoms with Gasteiger partial charge in [-0.1, -0.05) is 0 Å². The lowest BCUT2D eigenvalue weighted by Crippen LogP contribution is -2.27. The van der Waals surface area contributed by atoms with E-state index in [4.69, 9.17) is 14.2 Å². The highest BCUT2D eigenvalue weighted by molar-refractivity contribution is 9.10. The van der Waals surface area contributed by atoms with Gasteiger partial charge in [-0.05, 0) is 36.7 Å². The first-order valence-corrected chi connectivity index (χ1v) is 6.60. The number of nitrogens with zero attached hydrogens (tertiary/aromatic N) is 1. The van der Waals surface area contributed by atoms with Crippen LogP contribution in [0, 0.1) is 0 Å². The van der Waals surface area contributed by atoms with Crippen molar-refractivity contribution in [3.05, 3.63) is 10.5 Å². The number of nitrogens with one attached hydrogen (secondary N) is 1. The molecule has 0 atom stereocenters. The summed E-state index contributed by atoms with van der Waals surface area (Å²) < 4.78 is 16.5. The minimum Gasteiger partial charge on any atom is -0.484 e. The Morgan fingerprint density at radius 1 is 1.42 bits per heavy atom. The van der Waals surface area contributed by atoms with E-state index in [1.807, 2.05) is 0 Å². The molecule has 104 valence electrons. The van der Waals surface area contributed by atoms with Gasteiger partial charge < -0.3 is 14.2 Å². The topological polar surface area (TPSA) is 69.7 Å². The molecule has 1 aliphatic rings. The van der Waals surface area contributed by atoms with Crippen molar-refractivity contribution in [1.82, 2.24) is 4.98 Å². The first-order chi connectivity index (χ1) is 8.85. The van der Waals surface area contributed by atoms with E-state index in [1.54, 1.807) is 26.8 Å². The van der Waals surface area contributed by atoms with Gasteiger partial charge in [-0.25, -0.2) is 4.79 Å². The van der Waals surface area contributed by atoms with Crippen LogP contribution in [-0.4, -0.2) is 29.9 Å². The van der Waals surface area contributed by atoms with E-state index < -0.39 is 11.7 Å². The number of rotatable bonds is 1. The molecule has 2 heterocycles. The number of aromatic nitrogens is 1. The lowest BCUT2D eigenvalue weighted by atomic mass is 10.2. The van der Waals surface area contributed by atoms with Gasteiger partial charge in [0.2, 0.25) is 0 Å². The summed E-state index contributed by atoms with van der Waals surface area (Å²) in [6.07, 6.45) is -0.572. The SMILES string of the molecule is CC(C)(C)OC(=O)Nc1nc2c(cc1Br)OCCO2. The van der Waals surface area contributed by atoms with Crippen LogP contribution >= 0.6 is 15.9 Å². The zero-order valence-electron chi connectivity index (χ0n) is 10.9. The molecule has 1 aromatic rings. The van der Waals surface area contributed by atoms with Crippen LogP contribution in [0.25, 0.3) is 0 Å². The van der Waals surface area contributed by atoms with E-state index in [0.717, 1.165) is 0 Å². The summed E-state index contributed by atoms with van der Waals surface area (Å²) in [5, 5.41) is 2.56. The second-order valence-corrected chi connectivity index (χ2v) is 5.80. The number of hydrogen-bond acceptors (Lipinski definition) is 5. The molecule has 0 fully saturated rings. The number of carbonyl (C=O) groups is 1. The molecule has 0 radical (unpaired) electrons. The van der Waals surface area contributed by atoms with Crippen molar-refractivity contribution in [3.63, 3.8) is 0 Å². The maximum Gasteiger partial charge on any atom is 0.413 e. The van der Waals surface area contributed by atoms with E-state index in [2.05, 4.69) is 26.2 Å². The molecule has 0 aliphatic carbocycles. The second-order valence-electron chi connectivity index (χ2n) is 4.95. The van der Waals surface area contributed by atoms with Gasteiger partial charge in [0.1, 0.15) is 18.8 Å². The molecule has 0 unspecified atom stereocenters. The summed E-state index contributed by atoms with van der Waals surface area (Å²) in [6, 6.07) is 1.70. The van der Waals surface area contributed by atoms with Crippen LogP contribution in [-0.2, 0) is 4.74 Å². The Morgan fingerprint density at radius 3 is 2.79 bits per heavy atom. The number of halogens is 1. The summed E-state index contributed by atoms with van der Waals surface area (Å²) in [7, 11) is 0. The number of amides is 1. The van der Waals surface area contributed by atoms with E-state index in [-0.39, 0.29) is 0 Å². The minimum atomic E-state index is -0.572. The van der Waals surface area contributed by atoms with Crippen LogP contribution in [0.2, 0.25) is 0 Å². The van der Waals surface area contributed by atoms with Crippen molar-refractivity contribution in [1.29, 1.82) is 0 Å². The van der Waals surface area contributed by atoms with Gasteiger partial charge in [-0.2, -0.15) is 4.98 Å². The number of anilines is 1. The quantitative estimate of drug-likeness (QED) is 0.857. The van der Waals surface area contributed by atoms with Gasteiger partial charge in [0.15, 0.2) is 11.6 Å². The molecular formula is C12H15BrN2O4. The van der Waals surface area contributed by atoms with Crippen molar-refractivity contribution in [2.75, 3.05) is 18.5 Å². The normalized spacial score (nSPS) is 13.9. The van der Waals surface area contributed by atoms with Crippen LogP contribution in [0.1, 0.15) is 20.8 Å². The van der Waals surface area contributed by atoms with Gasteiger partial charge in [0.05, 0.1) is 4.47 Å². The molecule has 0 spiro atoms. The van der Waals surface area contributed by atoms with Crippen LogP contribution in [0.5, 0.6) is 11.6 Å². The van der Waals surface area contributed by atoms with E-state index in [1.165, 1.54) is 0 Å². The van der Waals surface area contributed by atoms with Crippen molar-refractivity contribution in [3.8, 4) is 11.6 Å². The average molecular weight is 331 g/mol. The van der Waals surface area contributed by atoms with Crippen LogP contribution in [0.15, 0.2) is 10.5 Å². The molecule has 6 nitrogen and oxygen atoms in total. The van der Waals surface area contributed by atoms with Gasteiger partial charge in [-0.15, -0.1) is 0 Å². The van der Waals surface area contributed by atoms with E-state index in [0.29, 0.717) is 35.1 Å². The fourth-order valence-electron chi connectivity index (χ4n) is 1.44. The molecule has 0 saturated carbocycles. The average Bonchev–Trinajstić information content (AvgIpc) is 2.27. The lowest BCUT2D eigenvalue weighted by molar-refractivity contribution is 0.0635. The van der Waals surface area contributed by atoms with Gasteiger partial charge in [0, 0.05) is 6.07 Å². The Kier molecular flexibility index (Phi) is 3.84. The zero-order chi connectivity index (χ0) is 14.0. The van der Waals surface area contributed by atoms with Crippen molar-refractivity contribution < 1.29 is 19.0 Å². The highest BCUT2D eigenvalue weighted by Gasteiger charge is 2.20. The minimum absolute atomic E-state index is 0.332. The largest absolute Gasteiger partial charge is 0.484 e. The third-order valence-electron chi connectivity index (χ3n) is 2.11. The lowest BCUT2D eigenvalue weighted by Gasteiger charge is -2.21. The van der Waals surface area contributed by atoms with Crippen LogP contribution in [0.4, 0.5) is 10.6 Å². The maximum atomic E-state index is 11.7. The third kappa shape index (κ3) is 3.73. The molecule has 1 aliphatic heterocycles. The fourth-order valence-corrected chi connectivity index (χ4v) is 1.84. The Hall–Kier alpha value is -1.50. The smallest absolute Gasteiger partial charge is 0.413 e. The number of fused-ring (bicyclic) bond motifs is 1. The number of pyridine rings is 1. The van der Waals surface area contributed by atoms with Gasteiger partial charge >= 0.3 is 6.09 Å². The summed E-state index contributed by atoms with van der Waals surface area (Å²) in [4.78, 5) is 15.9. The van der Waals surface area contributed by atoms with E-state index >= 15 is 0 Å². The van der Waals surface area contributed by atoms with Gasteiger partial charge in [0.25, 0.3) is 5.88 Å². The standard InChI is InChI=1S/C12H15BrN2O4/c1-12(2,3)19-11(16)15-9-7(13)6-8-10(14-9)18-5-4-17-8/h6H,4-5H2,1-3H3,(H,14,15,16). The first kappa shape index (κ1) is 13.9. The second kappa shape index (κ2) is 5.24. The number of carbonyl (C=O) groups excluding carboxylic acids is 1. The summed E-state index contributed by atoms with van der Waals surface area (Å²) in [6.45, 7) is 6.30. The molecule has 1 N–H and O–H groups in total. The molecule has 7 heteroatoms. The molecule has 2 rings (SSSR count). The molecule has 1 amide bonds. The Morgan fingerprint density at radius 2 is 2.11 bits per heavy atom. The molecule has 0 bridgehead atoms. The Labute approximate surface area is 119 Å². The molecular weight excluding hydrogens is 316 g/mol. The summed E-state index contributed by atoms with van der Waals surface area (Å²) in [5.74, 6) is 1.24. The summed E-state index contributed by atoms with van der Waals surface area (Å²) >= 11 is 3.32. The predicted molar refractivity (Wildman–Crippen MR) is 72.8 cm³/mol. The molecule has 19 heavy (non-hydrogen) atoms. The van der Waals surface area contributed by atoms with Crippen LogP contribution < -0.4 is 14.8 Å². The zero-order valence-corrected chi connectivity index (χ0v) is 12.5. The highest BCUT2D eigenvalue weighted by atomic mass is 79.9. The van der Waals surface area contributed by atoms with Crippen molar-refractivity contribution in [2.45, 2.75) is 26.4 Å². The van der Waals surface area contributed by atoms with Crippen LogP contribution in [0.3, 0.4) is 0 Å². The van der Waals surface area contributed by atoms with E-state index in [9.17, 15) is 4.79 Å². The third-order valence-corrected chi connectivity index (χ3v) is 2.71. The fraction of sp³-hybridized carbons (Fsp3) is 0.500. The first-order valence-electron chi connectivity index (χ1n) is 5.81. The summed E-state index contributed by atoms with van der Waals surface area (Å²) in [5.41, 5.74) is -0.565. The number of ether oxygens (including phenoxy) is 3. The molecule has 0 aromatic carbocycles. The molecule has 0 saturated heterocycles.